The van der Waals surface area contributed by atoms with Gasteiger partial charge < -0.3 is 19.3 Å². The van der Waals surface area contributed by atoms with Crippen molar-refractivity contribution in [2.45, 2.75) is 149 Å². The lowest BCUT2D eigenvalue weighted by molar-refractivity contribution is -0.267. The molecule has 0 aromatic rings. The topological polar surface area (TPSA) is 82.1 Å². The fourth-order valence-electron chi connectivity index (χ4n) is 10.2. The van der Waals surface area contributed by atoms with Crippen molar-refractivity contribution in [2.75, 3.05) is 13.4 Å². The van der Waals surface area contributed by atoms with E-state index in [1.807, 2.05) is 0 Å². The summed E-state index contributed by atoms with van der Waals surface area (Å²) in [4.78, 5) is 26.1. The molecule has 4 saturated carbocycles. The van der Waals surface area contributed by atoms with Crippen LogP contribution in [0.4, 0.5) is 0 Å². The van der Waals surface area contributed by atoms with Gasteiger partial charge in [-0.1, -0.05) is 73.5 Å². The number of Topliss-reactive ketones (excluding diaryl/α,β-unsaturated/α-hetero) is 1. The monoisotopic (exact) mass is 606 g/mol. The third-order valence-electron chi connectivity index (χ3n) is 12.5. The Morgan fingerprint density at radius 3 is 2.43 bits per heavy atom. The second-order valence-electron chi connectivity index (χ2n) is 16.8. The Kier molecular flexibility index (Phi) is 10.5. The minimum Gasteiger partial charge on any atom is -0.462 e. The molecule has 6 nitrogen and oxygen atoms in total. The van der Waals surface area contributed by atoms with Crippen LogP contribution in [0.2, 0.25) is 25.7 Å². The van der Waals surface area contributed by atoms with Crippen molar-refractivity contribution < 1.29 is 28.9 Å². The number of rotatable bonds is 12. The first-order valence-corrected chi connectivity index (χ1v) is 20.9. The summed E-state index contributed by atoms with van der Waals surface area (Å²) in [7, 11) is -1.23. The Hall–Kier alpha value is -0.763. The van der Waals surface area contributed by atoms with Gasteiger partial charge in [-0.25, -0.2) is 0 Å². The average Bonchev–Trinajstić information content (AvgIpc) is 3.22. The van der Waals surface area contributed by atoms with E-state index in [1.165, 1.54) is 39.0 Å². The van der Waals surface area contributed by atoms with Crippen molar-refractivity contribution in [1.29, 1.82) is 0 Å². The van der Waals surface area contributed by atoms with Gasteiger partial charge in [-0.2, -0.15) is 0 Å². The zero-order valence-corrected chi connectivity index (χ0v) is 29.3. The van der Waals surface area contributed by atoms with Gasteiger partial charge in [0.1, 0.15) is 18.5 Å². The number of carbonyl (C=O) groups excluding carboxylic acids is 2. The molecule has 0 unspecified atom stereocenters. The van der Waals surface area contributed by atoms with Crippen molar-refractivity contribution in [3.8, 4) is 0 Å². The lowest BCUT2D eigenvalue weighted by Crippen LogP contribution is -2.72. The summed E-state index contributed by atoms with van der Waals surface area (Å²) in [6, 6.07) is 1.05. The molecule has 7 heteroatoms. The van der Waals surface area contributed by atoms with Gasteiger partial charge in [-0.05, 0) is 72.6 Å². The molecule has 4 aliphatic carbocycles. The molecule has 4 rings (SSSR count). The predicted molar refractivity (Wildman–Crippen MR) is 170 cm³/mol. The maximum Gasteiger partial charge on any atom is 0.302 e. The summed E-state index contributed by atoms with van der Waals surface area (Å²) in [5.41, 5.74) is -2.06. The number of hydrogen-bond donors (Lipinski definition) is 1. The van der Waals surface area contributed by atoms with Crippen molar-refractivity contribution in [1.82, 2.24) is 0 Å². The third kappa shape index (κ3) is 6.60. The number of fused-ring (bicyclic) bond motifs is 5. The molecule has 0 amide bonds. The van der Waals surface area contributed by atoms with Gasteiger partial charge in [-0.15, -0.1) is 0 Å². The van der Waals surface area contributed by atoms with E-state index in [0.717, 1.165) is 24.8 Å². The number of ether oxygens (including phenoxy) is 3. The molecule has 4 aliphatic rings. The summed E-state index contributed by atoms with van der Waals surface area (Å²) in [5, 5.41) is 12.4. The van der Waals surface area contributed by atoms with Gasteiger partial charge >= 0.3 is 5.97 Å². The summed E-state index contributed by atoms with van der Waals surface area (Å²) < 4.78 is 18.1. The maximum absolute atomic E-state index is 14.1. The van der Waals surface area contributed by atoms with E-state index in [4.69, 9.17) is 14.2 Å². The zero-order chi connectivity index (χ0) is 31.1. The molecule has 0 saturated heterocycles. The fourth-order valence-corrected chi connectivity index (χ4v) is 11.0. The highest BCUT2D eigenvalue weighted by molar-refractivity contribution is 6.76. The first kappa shape index (κ1) is 34.1. The Labute approximate surface area is 257 Å². The smallest absolute Gasteiger partial charge is 0.302 e. The molecule has 0 heterocycles. The van der Waals surface area contributed by atoms with E-state index in [0.29, 0.717) is 37.2 Å². The van der Waals surface area contributed by atoms with Crippen LogP contribution in [0.3, 0.4) is 0 Å². The molecule has 42 heavy (non-hydrogen) atoms. The van der Waals surface area contributed by atoms with Gasteiger partial charge in [0.05, 0.1) is 6.10 Å². The average molecular weight is 607 g/mol. The van der Waals surface area contributed by atoms with Crippen LogP contribution < -0.4 is 0 Å². The number of aliphatic hydroxyl groups is 1. The van der Waals surface area contributed by atoms with Crippen LogP contribution in [0.1, 0.15) is 106 Å². The molecule has 0 bridgehead atoms. The molecule has 0 aliphatic heterocycles. The Bertz CT molecular complexity index is 962. The van der Waals surface area contributed by atoms with Crippen LogP contribution in [-0.4, -0.2) is 56.1 Å². The molecule has 10 atom stereocenters. The van der Waals surface area contributed by atoms with E-state index in [1.54, 1.807) is 0 Å². The normalized spacial score (nSPS) is 40.8. The zero-order valence-electron chi connectivity index (χ0n) is 28.3. The summed E-state index contributed by atoms with van der Waals surface area (Å²) >= 11 is 0. The standard InChI is InChI=1S/C35H62O6Si/c1-23(2)11-10-12-24(3)28-13-14-29-27-20-31(37)35(38)21-26(41-25(4)36)19-32(40-22-39-17-18-42(7,8)9)34(35,6)30(27)15-16-33(28,29)5/h23-24,26-30,32,38H,10-22H2,1-9H3/t24-,26+,27+,28-,29+,30+,32-,33-,34+,35+/m1/s1. The lowest BCUT2D eigenvalue weighted by atomic mass is 9.42. The van der Waals surface area contributed by atoms with Crippen molar-refractivity contribution >= 4 is 19.8 Å². The largest absolute Gasteiger partial charge is 0.462 e. The number of esters is 1. The first-order chi connectivity index (χ1) is 19.5. The number of hydrogen-bond acceptors (Lipinski definition) is 6. The molecule has 0 aromatic carbocycles. The van der Waals surface area contributed by atoms with Crippen molar-refractivity contribution in [2.24, 2.45) is 46.3 Å². The molecule has 1 N–H and O–H groups in total. The van der Waals surface area contributed by atoms with Crippen LogP contribution in [0.5, 0.6) is 0 Å². The van der Waals surface area contributed by atoms with Crippen LogP contribution in [0.15, 0.2) is 0 Å². The van der Waals surface area contributed by atoms with E-state index in [9.17, 15) is 14.7 Å². The molecule has 4 fully saturated rings. The van der Waals surface area contributed by atoms with Gasteiger partial charge in [0.25, 0.3) is 0 Å². The van der Waals surface area contributed by atoms with Gasteiger partial charge in [0, 0.05) is 46.3 Å². The van der Waals surface area contributed by atoms with E-state index < -0.39 is 31.3 Å². The van der Waals surface area contributed by atoms with Gasteiger partial charge in [0.15, 0.2) is 5.78 Å². The number of carbonyl (C=O) groups is 2. The fraction of sp³-hybridized carbons (Fsp3) is 0.943. The van der Waals surface area contributed by atoms with Crippen LogP contribution in [0.25, 0.3) is 0 Å². The summed E-state index contributed by atoms with van der Waals surface area (Å²) in [6.07, 6.45) is 8.60. The maximum atomic E-state index is 14.1. The number of ketones is 1. The summed E-state index contributed by atoms with van der Waals surface area (Å²) in [6.45, 7) is 20.9. The molecule has 0 radical (unpaired) electrons. The molecular weight excluding hydrogens is 544 g/mol. The molecule has 0 spiro atoms. The Morgan fingerprint density at radius 2 is 1.79 bits per heavy atom. The third-order valence-corrected chi connectivity index (χ3v) is 14.2. The second kappa shape index (κ2) is 12.9. The van der Waals surface area contributed by atoms with Crippen molar-refractivity contribution in [3.63, 3.8) is 0 Å². The second-order valence-corrected chi connectivity index (χ2v) is 22.5. The van der Waals surface area contributed by atoms with E-state index in [2.05, 4.69) is 54.3 Å². The van der Waals surface area contributed by atoms with E-state index in [-0.39, 0.29) is 42.2 Å². The molecule has 0 aromatic heterocycles. The van der Waals surface area contributed by atoms with Crippen LogP contribution in [-0.2, 0) is 23.8 Å². The SMILES string of the molecule is CC(=O)O[C@H]1C[C@@H](OCOCC[Si](C)(C)C)[C@]2(C)[C@H]3CC[C@]4(C)[C@@H]([C@H](C)CCCC(C)C)CC[C@H]4[C@@H]3CC(=O)[C@@]2(O)C1. The Balaban J connectivity index is 1.56. The quantitative estimate of drug-likeness (QED) is 0.106. The first-order valence-electron chi connectivity index (χ1n) is 17.1. The summed E-state index contributed by atoms with van der Waals surface area (Å²) in [5.74, 6) is 2.65. The highest BCUT2D eigenvalue weighted by Crippen LogP contribution is 2.69. The van der Waals surface area contributed by atoms with Crippen LogP contribution >= 0.6 is 0 Å². The Morgan fingerprint density at radius 1 is 1.07 bits per heavy atom. The highest BCUT2D eigenvalue weighted by atomic mass is 28.3. The van der Waals surface area contributed by atoms with Crippen molar-refractivity contribution in [3.05, 3.63) is 0 Å². The minimum atomic E-state index is -1.56. The van der Waals surface area contributed by atoms with E-state index >= 15 is 0 Å². The van der Waals surface area contributed by atoms with Gasteiger partial charge in [-0.3, -0.25) is 9.59 Å². The molecular formula is C35H62O6Si. The lowest BCUT2D eigenvalue weighted by Gasteiger charge is -2.65. The highest BCUT2D eigenvalue weighted by Gasteiger charge is 2.71. The predicted octanol–water partition coefficient (Wildman–Crippen LogP) is 7.64. The minimum absolute atomic E-state index is 0.0750. The van der Waals surface area contributed by atoms with Crippen LogP contribution in [0, 0.1) is 46.3 Å². The molecule has 242 valence electrons. The van der Waals surface area contributed by atoms with Gasteiger partial charge in [0.2, 0.25) is 0 Å².